The van der Waals surface area contributed by atoms with E-state index >= 15 is 0 Å². The van der Waals surface area contributed by atoms with Crippen molar-refractivity contribution in [3.05, 3.63) is 66.2 Å². The maximum Gasteiger partial charge on any atom is 0.241 e. The summed E-state index contributed by atoms with van der Waals surface area (Å²) in [5.41, 5.74) is 3.33. The molecule has 150 valence electrons. The molecule has 1 aliphatic heterocycles. The quantitative estimate of drug-likeness (QED) is 0.694. The largest absolute Gasteiger partial charge is 0.312 e. The summed E-state index contributed by atoms with van der Waals surface area (Å²) in [5.74, 6) is -0.0413. The van der Waals surface area contributed by atoms with Crippen molar-refractivity contribution in [1.82, 2.24) is 19.5 Å². The third kappa shape index (κ3) is 3.79. The highest BCUT2D eigenvalue weighted by atomic mass is 32.2. The Morgan fingerprint density at radius 2 is 1.93 bits per heavy atom. The van der Waals surface area contributed by atoms with E-state index < -0.39 is 16.1 Å². The lowest BCUT2D eigenvalue weighted by Gasteiger charge is -2.17. The highest BCUT2D eigenvalue weighted by Crippen LogP contribution is 2.30. The number of nitrogens with zero attached hydrogens (tertiary/aromatic N) is 4. The Balaban J connectivity index is 1.52. The Kier molecular flexibility index (Phi) is 4.93. The Morgan fingerprint density at radius 3 is 2.59 bits per heavy atom. The summed E-state index contributed by atoms with van der Waals surface area (Å²) in [6, 6.07) is 11.9. The van der Waals surface area contributed by atoms with Crippen molar-refractivity contribution < 1.29 is 13.2 Å². The van der Waals surface area contributed by atoms with Gasteiger partial charge in [0.1, 0.15) is 12.7 Å². The van der Waals surface area contributed by atoms with E-state index in [2.05, 4.69) is 14.8 Å². The Labute approximate surface area is 169 Å². The first kappa shape index (κ1) is 19.3. The molecule has 1 aliphatic rings. The van der Waals surface area contributed by atoms with E-state index in [1.54, 1.807) is 41.0 Å². The van der Waals surface area contributed by atoms with Gasteiger partial charge in [-0.1, -0.05) is 12.1 Å². The Bertz CT molecular complexity index is 1140. The molecular formula is C20H21N5O3S. The standard InChI is InChI=1S/C20H21N5O3S/c1-14(16-3-5-18(6-4-16)25-13-21-12-22-25)23-29(27,28)19-7-8-20-17(11-19)9-10-24(20)15(2)26/h3-8,11-14,23H,9-10H2,1-2H3. The molecule has 0 fully saturated rings. The number of anilines is 1. The van der Waals surface area contributed by atoms with Gasteiger partial charge in [-0.2, -0.15) is 5.10 Å². The van der Waals surface area contributed by atoms with Crippen LogP contribution in [0.3, 0.4) is 0 Å². The lowest BCUT2D eigenvalue weighted by Crippen LogP contribution is -2.27. The molecule has 0 saturated heterocycles. The van der Waals surface area contributed by atoms with Gasteiger partial charge >= 0.3 is 0 Å². The zero-order chi connectivity index (χ0) is 20.6. The van der Waals surface area contributed by atoms with Crippen molar-refractivity contribution in [3.63, 3.8) is 0 Å². The summed E-state index contributed by atoms with van der Waals surface area (Å²) < 4.78 is 30.1. The SMILES string of the molecule is CC(=O)N1CCc2cc(S(=O)(=O)NC(C)c3ccc(-n4cncn4)cc3)ccc21. The molecule has 8 nitrogen and oxygen atoms in total. The fourth-order valence-electron chi connectivity index (χ4n) is 3.50. The smallest absolute Gasteiger partial charge is 0.241 e. The highest BCUT2D eigenvalue weighted by Gasteiger charge is 2.25. The van der Waals surface area contributed by atoms with Crippen LogP contribution in [0.15, 0.2) is 60.0 Å². The normalized spacial score (nSPS) is 14.6. The fourth-order valence-corrected chi connectivity index (χ4v) is 4.78. The zero-order valence-electron chi connectivity index (χ0n) is 16.1. The van der Waals surface area contributed by atoms with Crippen molar-refractivity contribution in [2.45, 2.75) is 31.2 Å². The van der Waals surface area contributed by atoms with Gasteiger partial charge in [-0.3, -0.25) is 4.79 Å². The van der Waals surface area contributed by atoms with Gasteiger partial charge in [0, 0.05) is 25.2 Å². The first-order valence-electron chi connectivity index (χ1n) is 9.23. The monoisotopic (exact) mass is 411 g/mol. The Morgan fingerprint density at radius 1 is 1.17 bits per heavy atom. The predicted octanol–water partition coefficient (Wildman–Crippen LogP) is 2.22. The second kappa shape index (κ2) is 7.41. The van der Waals surface area contributed by atoms with Gasteiger partial charge in [-0.15, -0.1) is 0 Å². The van der Waals surface area contributed by atoms with Gasteiger partial charge < -0.3 is 4.90 Å². The highest BCUT2D eigenvalue weighted by molar-refractivity contribution is 7.89. The number of hydrogen-bond acceptors (Lipinski definition) is 5. The number of rotatable bonds is 5. The summed E-state index contributed by atoms with van der Waals surface area (Å²) >= 11 is 0. The molecule has 1 aromatic heterocycles. The number of amides is 1. The van der Waals surface area contributed by atoms with Gasteiger partial charge in [0.2, 0.25) is 15.9 Å². The second-order valence-corrected chi connectivity index (χ2v) is 8.70. The lowest BCUT2D eigenvalue weighted by atomic mass is 10.1. The molecule has 1 atom stereocenters. The van der Waals surface area contributed by atoms with E-state index in [4.69, 9.17) is 0 Å². The van der Waals surface area contributed by atoms with Crippen LogP contribution in [0, 0.1) is 0 Å². The average Bonchev–Trinajstić information content (AvgIpc) is 3.37. The number of benzene rings is 2. The number of carbonyl (C=O) groups excluding carboxylic acids is 1. The van der Waals surface area contributed by atoms with Crippen molar-refractivity contribution >= 4 is 21.6 Å². The fraction of sp³-hybridized carbons (Fsp3) is 0.250. The number of sulfonamides is 1. The minimum Gasteiger partial charge on any atom is -0.312 e. The van der Waals surface area contributed by atoms with Crippen LogP contribution in [-0.4, -0.2) is 35.6 Å². The van der Waals surface area contributed by atoms with E-state index in [0.717, 1.165) is 22.5 Å². The molecule has 1 unspecified atom stereocenters. The molecule has 0 aliphatic carbocycles. The molecule has 3 aromatic rings. The molecule has 0 bridgehead atoms. The van der Waals surface area contributed by atoms with Gasteiger partial charge in [0.05, 0.1) is 10.6 Å². The number of carbonyl (C=O) groups is 1. The number of aromatic nitrogens is 3. The summed E-state index contributed by atoms with van der Waals surface area (Å²) in [7, 11) is -3.70. The van der Waals surface area contributed by atoms with Crippen LogP contribution >= 0.6 is 0 Å². The number of hydrogen-bond donors (Lipinski definition) is 1. The maximum atomic E-state index is 12.9. The molecule has 4 rings (SSSR count). The van der Waals surface area contributed by atoms with Crippen molar-refractivity contribution in [2.75, 3.05) is 11.4 Å². The van der Waals surface area contributed by atoms with E-state index in [1.165, 1.54) is 13.3 Å². The molecule has 29 heavy (non-hydrogen) atoms. The molecular weight excluding hydrogens is 390 g/mol. The lowest BCUT2D eigenvalue weighted by molar-refractivity contribution is -0.116. The molecule has 0 radical (unpaired) electrons. The molecule has 2 heterocycles. The van der Waals surface area contributed by atoms with E-state index in [-0.39, 0.29) is 10.8 Å². The van der Waals surface area contributed by atoms with Crippen molar-refractivity contribution in [2.24, 2.45) is 0 Å². The van der Waals surface area contributed by atoms with Crippen LogP contribution in [0.2, 0.25) is 0 Å². The number of fused-ring (bicyclic) bond motifs is 1. The van der Waals surface area contributed by atoms with Gasteiger partial charge in [-0.05, 0) is 54.8 Å². The van der Waals surface area contributed by atoms with Crippen LogP contribution in [0.4, 0.5) is 5.69 Å². The molecule has 1 amide bonds. The molecule has 0 saturated carbocycles. The van der Waals surface area contributed by atoms with Crippen LogP contribution in [0.5, 0.6) is 0 Å². The van der Waals surface area contributed by atoms with Crippen molar-refractivity contribution in [3.8, 4) is 5.69 Å². The van der Waals surface area contributed by atoms with E-state index in [0.29, 0.717) is 13.0 Å². The molecule has 0 spiro atoms. The predicted molar refractivity (Wildman–Crippen MR) is 108 cm³/mol. The third-order valence-electron chi connectivity index (χ3n) is 5.05. The third-order valence-corrected chi connectivity index (χ3v) is 6.58. The van der Waals surface area contributed by atoms with Gasteiger partial charge in [-0.25, -0.2) is 22.8 Å². The molecule has 2 aromatic carbocycles. The van der Waals surface area contributed by atoms with Crippen LogP contribution < -0.4 is 9.62 Å². The van der Waals surface area contributed by atoms with Crippen LogP contribution in [-0.2, 0) is 21.2 Å². The first-order chi connectivity index (χ1) is 13.8. The molecule has 1 N–H and O–H groups in total. The maximum absolute atomic E-state index is 12.9. The van der Waals surface area contributed by atoms with Gasteiger partial charge in [0.25, 0.3) is 0 Å². The minimum atomic E-state index is -3.70. The van der Waals surface area contributed by atoms with E-state index in [1.807, 2.05) is 24.3 Å². The second-order valence-electron chi connectivity index (χ2n) is 6.99. The molecule has 9 heteroatoms. The first-order valence-corrected chi connectivity index (χ1v) is 10.7. The van der Waals surface area contributed by atoms with E-state index in [9.17, 15) is 13.2 Å². The van der Waals surface area contributed by atoms with Gasteiger partial charge in [0.15, 0.2) is 0 Å². The summed E-state index contributed by atoms with van der Waals surface area (Å²) in [4.78, 5) is 17.5. The van der Waals surface area contributed by atoms with Crippen LogP contribution in [0.1, 0.15) is 31.0 Å². The average molecular weight is 411 g/mol. The summed E-state index contributed by atoms with van der Waals surface area (Å²) in [6.07, 6.45) is 3.71. The topological polar surface area (TPSA) is 97.2 Å². The minimum absolute atomic E-state index is 0.0413. The summed E-state index contributed by atoms with van der Waals surface area (Å²) in [6.45, 7) is 3.89. The zero-order valence-corrected chi connectivity index (χ0v) is 16.9. The number of nitrogens with one attached hydrogen (secondary N) is 1. The summed E-state index contributed by atoms with van der Waals surface area (Å²) in [5, 5.41) is 4.07. The van der Waals surface area contributed by atoms with Crippen LogP contribution in [0.25, 0.3) is 5.69 Å². The Hall–Kier alpha value is -3.04. The van der Waals surface area contributed by atoms with Crippen molar-refractivity contribution in [1.29, 1.82) is 0 Å².